The molecule has 0 aliphatic carbocycles. The molecule has 0 radical (unpaired) electrons. The van der Waals surface area contributed by atoms with Crippen molar-refractivity contribution in [3.05, 3.63) is 29.3 Å². The number of carbonyl (C=O) groups is 2. The lowest BCUT2D eigenvalue weighted by molar-refractivity contribution is -0.138. The Balaban J connectivity index is 2.74. The van der Waals surface area contributed by atoms with Gasteiger partial charge in [0.1, 0.15) is 0 Å². The van der Waals surface area contributed by atoms with Crippen molar-refractivity contribution >= 4 is 33.5 Å². The molecule has 7 nitrogen and oxygen atoms in total. The molecule has 0 aliphatic rings. The fourth-order valence-electron chi connectivity index (χ4n) is 1.57. The van der Waals surface area contributed by atoms with Gasteiger partial charge < -0.3 is 10.0 Å². The molecule has 0 spiro atoms. The molecule has 0 atom stereocenters. The van der Waals surface area contributed by atoms with Gasteiger partial charge in [0.15, 0.2) is 0 Å². The number of benzene rings is 1. The SMILES string of the molecule is CN(CCC(=O)O)C(=O)CN(C)S(=O)(=O)c1ccc(Cl)cc1. The predicted octanol–water partition coefficient (Wildman–Crippen LogP) is 0.894. The molecule has 0 saturated carbocycles. The number of aliphatic carboxylic acids is 1. The van der Waals surface area contributed by atoms with E-state index < -0.39 is 21.9 Å². The van der Waals surface area contributed by atoms with Gasteiger partial charge in [-0.3, -0.25) is 9.59 Å². The van der Waals surface area contributed by atoms with Crippen molar-refractivity contribution in [3.63, 3.8) is 0 Å². The van der Waals surface area contributed by atoms with Gasteiger partial charge in [-0.05, 0) is 24.3 Å². The van der Waals surface area contributed by atoms with Gasteiger partial charge >= 0.3 is 5.97 Å². The lowest BCUT2D eigenvalue weighted by Crippen LogP contribution is -2.40. The van der Waals surface area contributed by atoms with Crippen LogP contribution < -0.4 is 0 Å². The molecule has 22 heavy (non-hydrogen) atoms. The van der Waals surface area contributed by atoms with E-state index >= 15 is 0 Å². The van der Waals surface area contributed by atoms with Crippen molar-refractivity contribution in [2.75, 3.05) is 27.2 Å². The summed E-state index contributed by atoms with van der Waals surface area (Å²) >= 11 is 5.71. The van der Waals surface area contributed by atoms with Crippen molar-refractivity contribution < 1.29 is 23.1 Å². The van der Waals surface area contributed by atoms with Crippen molar-refractivity contribution in [2.24, 2.45) is 0 Å². The third kappa shape index (κ3) is 4.97. The molecule has 0 bridgehead atoms. The molecule has 122 valence electrons. The summed E-state index contributed by atoms with van der Waals surface area (Å²) < 4.78 is 25.5. The van der Waals surface area contributed by atoms with Crippen LogP contribution in [0.4, 0.5) is 0 Å². The maximum Gasteiger partial charge on any atom is 0.305 e. The monoisotopic (exact) mass is 348 g/mol. The molecule has 0 aliphatic heterocycles. The van der Waals surface area contributed by atoms with Gasteiger partial charge in [0.2, 0.25) is 15.9 Å². The Hall–Kier alpha value is -1.64. The Kier molecular flexibility index (Phi) is 6.34. The summed E-state index contributed by atoms with van der Waals surface area (Å²) in [7, 11) is -1.10. The first-order valence-corrected chi connectivity index (χ1v) is 8.14. The van der Waals surface area contributed by atoms with E-state index in [2.05, 4.69) is 0 Å². The number of halogens is 1. The molecule has 1 rings (SSSR count). The summed E-state index contributed by atoms with van der Waals surface area (Å²) in [5.41, 5.74) is 0. The maximum atomic E-state index is 12.3. The first kappa shape index (κ1) is 18.4. The van der Waals surface area contributed by atoms with E-state index in [4.69, 9.17) is 16.7 Å². The van der Waals surface area contributed by atoms with E-state index in [0.29, 0.717) is 5.02 Å². The lowest BCUT2D eigenvalue weighted by Gasteiger charge is -2.21. The predicted molar refractivity (Wildman–Crippen MR) is 81.2 cm³/mol. The van der Waals surface area contributed by atoms with Crippen LogP contribution in [-0.4, -0.2) is 61.8 Å². The highest BCUT2D eigenvalue weighted by molar-refractivity contribution is 7.89. The summed E-state index contributed by atoms with van der Waals surface area (Å²) in [6, 6.07) is 5.60. The molecule has 0 heterocycles. The second-order valence-corrected chi connectivity index (χ2v) is 7.16. The fraction of sp³-hybridized carbons (Fsp3) is 0.385. The zero-order valence-electron chi connectivity index (χ0n) is 12.2. The first-order valence-electron chi connectivity index (χ1n) is 6.32. The van der Waals surface area contributed by atoms with Crippen LogP contribution in [0.15, 0.2) is 29.2 Å². The lowest BCUT2D eigenvalue weighted by atomic mass is 10.4. The summed E-state index contributed by atoms with van der Waals surface area (Å²) in [6.07, 6.45) is -0.199. The summed E-state index contributed by atoms with van der Waals surface area (Å²) in [4.78, 5) is 23.6. The minimum atomic E-state index is -3.80. The Morgan fingerprint density at radius 2 is 1.73 bits per heavy atom. The molecule has 1 N–H and O–H groups in total. The number of sulfonamides is 1. The number of carboxylic acid groups (broad SMARTS) is 1. The number of hydrogen-bond acceptors (Lipinski definition) is 4. The maximum absolute atomic E-state index is 12.3. The van der Waals surface area contributed by atoms with Crippen molar-refractivity contribution in [2.45, 2.75) is 11.3 Å². The Labute approximate surface area is 134 Å². The summed E-state index contributed by atoms with van der Waals surface area (Å²) in [5, 5.41) is 8.98. The van der Waals surface area contributed by atoms with Crippen LogP contribution in [0.25, 0.3) is 0 Å². The highest BCUT2D eigenvalue weighted by Crippen LogP contribution is 2.17. The van der Waals surface area contributed by atoms with Crippen LogP contribution >= 0.6 is 11.6 Å². The zero-order valence-corrected chi connectivity index (χ0v) is 13.8. The molecule has 1 aromatic carbocycles. The Morgan fingerprint density at radius 3 is 2.23 bits per heavy atom. The molecular formula is C13H17ClN2O5S. The third-order valence-electron chi connectivity index (χ3n) is 2.97. The molecule has 0 aromatic heterocycles. The van der Waals surface area contributed by atoms with Gasteiger partial charge in [-0.2, -0.15) is 4.31 Å². The van der Waals surface area contributed by atoms with Gasteiger partial charge in [-0.15, -0.1) is 0 Å². The standard InChI is InChI=1S/C13H17ClN2O5S/c1-15(8-7-13(18)19)12(17)9-16(2)22(20,21)11-5-3-10(14)4-6-11/h3-6H,7-9H2,1-2H3,(H,18,19). The third-order valence-corrected chi connectivity index (χ3v) is 5.04. The van der Waals surface area contributed by atoms with Gasteiger partial charge in [0.05, 0.1) is 17.9 Å². The van der Waals surface area contributed by atoms with Gasteiger partial charge in [-0.25, -0.2) is 8.42 Å². The molecule has 0 unspecified atom stereocenters. The molecule has 9 heteroatoms. The smallest absolute Gasteiger partial charge is 0.305 e. The van der Waals surface area contributed by atoms with Crippen molar-refractivity contribution in [3.8, 4) is 0 Å². The molecule has 1 aromatic rings. The van der Waals surface area contributed by atoms with E-state index in [9.17, 15) is 18.0 Å². The Morgan fingerprint density at radius 1 is 1.18 bits per heavy atom. The number of rotatable bonds is 7. The highest BCUT2D eigenvalue weighted by Gasteiger charge is 2.24. The minimum absolute atomic E-state index is 0.0169. The Bertz CT molecular complexity index is 645. The van der Waals surface area contributed by atoms with E-state index in [-0.39, 0.29) is 24.4 Å². The van der Waals surface area contributed by atoms with Crippen LogP contribution in [-0.2, 0) is 19.6 Å². The molecular weight excluding hydrogens is 332 g/mol. The van der Waals surface area contributed by atoms with Crippen LogP contribution in [0.3, 0.4) is 0 Å². The average molecular weight is 349 g/mol. The quantitative estimate of drug-likeness (QED) is 0.789. The van der Waals surface area contributed by atoms with Crippen LogP contribution in [0.5, 0.6) is 0 Å². The fourth-order valence-corrected chi connectivity index (χ4v) is 2.82. The van der Waals surface area contributed by atoms with Crippen LogP contribution in [0.2, 0.25) is 5.02 Å². The number of amides is 1. The highest BCUT2D eigenvalue weighted by atomic mass is 35.5. The second kappa shape index (κ2) is 7.57. The number of hydrogen-bond donors (Lipinski definition) is 1. The van der Waals surface area contributed by atoms with E-state index in [0.717, 1.165) is 4.31 Å². The van der Waals surface area contributed by atoms with Gasteiger partial charge in [0.25, 0.3) is 0 Å². The van der Waals surface area contributed by atoms with Crippen molar-refractivity contribution in [1.82, 2.24) is 9.21 Å². The van der Waals surface area contributed by atoms with E-state index in [1.165, 1.54) is 43.3 Å². The average Bonchev–Trinajstić information content (AvgIpc) is 2.44. The van der Waals surface area contributed by atoms with Gasteiger partial charge in [0, 0.05) is 25.7 Å². The number of carboxylic acids is 1. The van der Waals surface area contributed by atoms with E-state index in [1.54, 1.807) is 0 Å². The van der Waals surface area contributed by atoms with Crippen LogP contribution in [0, 0.1) is 0 Å². The number of nitrogens with zero attached hydrogens (tertiary/aromatic N) is 2. The van der Waals surface area contributed by atoms with Crippen LogP contribution in [0.1, 0.15) is 6.42 Å². The topological polar surface area (TPSA) is 95.0 Å². The molecule has 0 saturated heterocycles. The second-order valence-electron chi connectivity index (χ2n) is 4.67. The summed E-state index contributed by atoms with van der Waals surface area (Å²) in [6.45, 7) is -0.357. The summed E-state index contributed by atoms with van der Waals surface area (Å²) in [5.74, 6) is -1.51. The zero-order chi connectivity index (χ0) is 16.9. The van der Waals surface area contributed by atoms with Gasteiger partial charge in [-0.1, -0.05) is 11.6 Å². The number of likely N-dealkylation sites (N-methyl/N-ethyl adjacent to an activating group) is 2. The normalized spacial score (nSPS) is 11.5. The first-order chi connectivity index (χ1) is 10.1. The minimum Gasteiger partial charge on any atom is -0.481 e. The van der Waals surface area contributed by atoms with E-state index in [1.807, 2.05) is 0 Å². The molecule has 1 amide bonds. The molecule has 0 fully saturated rings. The largest absolute Gasteiger partial charge is 0.481 e. The number of carbonyl (C=O) groups excluding carboxylic acids is 1. The van der Waals surface area contributed by atoms with Crippen molar-refractivity contribution in [1.29, 1.82) is 0 Å².